The molecule has 1 aliphatic heterocycles. The number of benzene rings is 2. The van der Waals surface area contributed by atoms with Gasteiger partial charge in [-0.2, -0.15) is 0 Å². The van der Waals surface area contributed by atoms with Crippen LogP contribution in [0.25, 0.3) is 0 Å². The van der Waals surface area contributed by atoms with Gasteiger partial charge >= 0.3 is 7.60 Å². The smallest absolute Gasteiger partial charge is 0.415 e. The average Bonchev–Trinajstić information content (AvgIpc) is 3.13. The Kier molecular flexibility index (Phi) is 6.83. The van der Waals surface area contributed by atoms with Crippen molar-refractivity contribution >= 4 is 25.3 Å². The minimum Gasteiger partial charge on any atom is -0.415 e. The standard InChI is InChI=1S/C23H25N4O4P/c1-18-14-21(24)22-23(25-15-18)27(16-26-22)12-13-29-17-32(28,30-19-8-4-2-5-9-19)31-20-10-6-3-7-11-20/h2-11,15-16,18,24H,12-14,17H2,1H3. The van der Waals surface area contributed by atoms with Gasteiger partial charge in [-0.1, -0.05) is 43.3 Å². The highest BCUT2D eigenvalue weighted by atomic mass is 31.2. The number of aliphatic imine (C=N–C) groups is 1. The molecule has 1 aromatic heterocycles. The Balaban J connectivity index is 1.41. The average molecular weight is 452 g/mol. The number of hydrogen-bond acceptors (Lipinski definition) is 7. The second-order valence-corrected chi connectivity index (χ2v) is 9.35. The molecular formula is C23H25N4O4P. The number of para-hydroxylation sites is 2. The molecule has 0 amide bonds. The van der Waals surface area contributed by atoms with Crippen molar-refractivity contribution in [3.8, 4) is 11.5 Å². The van der Waals surface area contributed by atoms with Gasteiger partial charge in [-0.25, -0.2) is 14.5 Å². The van der Waals surface area contributed by atoms with Gasteiger partial charge in [0, 0.05) is 12.8 Å². The first-order chi connectivity index (χ1) is 15.5. The Hall–Kier alpha value is -3.22. The molecule has 0 saturated heterocycles. The van der Waals surface area contributed by atoms with Crippen molar-refractivity contribution < 1.29 is 18.3 Å². The van der Waals surface area contributed by atoms with E-state index in [9.17, 15) is 4.57 Å². The van der Waals surface area contributed by atoms with Gasteiger partial charge in [0.2, 0.25) is 0 Å². The first-order valence-corrected chi connectivity index (χ1v) is 12.1. The molecule has 0 saturated carbocycles. The second-order valence-electron chi connectivity index (χ2n) is 7.51. The lowest BCUT2D eigenvalue weighted by atomic mass is 10.1. The molecule has 4 rings (SSSR count). The maximum atomic E-state index is 13.4. The number of imidazole rings is 1. The number of nitrogens with one attached hydrogen (secondary N) is 1. The molecular weight excluding hydrogens is 427 g/mol. The van der Waals surface area contributed by atoms with Gasteiger partial charge in [0.1, 0.15) is 17.2 Å². The number of ether oxygens (including phenoxy) is 1. The van der Waals surface area contributed by atoms with Crippen LogP contribution in [0.4, 0.5) is 5.82 Å². The van der Waals surface area contributed by atoms with E-state index in [1.165, 1.54) is 0 Å². The predicted molar refractivity (Wildman–Crippen MR) is 124 cm³/mol. The van der Waals surface area contributed by atoms with Gasteiger partial charge in [0.25, 0.3) is 0 Å². The third-order valence-corrected chi connectivity index (χ3v) is 6.25. The van der Waals surface area contributed by atoms with Crippen LogP contribution in [-0.4, -0.2) is 34.4 Å². The fourth-order valence-corrected chi connectivity index (χ4v) is 4.63. The molecule has 0 aliphatic carbocycles. The van der Waals surface area contributed by atoms with Crippen LogP contribution in [0, 0.1) is 11.3 Å². The zero-order chi connectivity index (χ0) is 22.4. The van der Waals surface area contributed by atoms with E-state index in [4.69, 9.17) is 19.2 Å². The van der Waals surface area contributed by atoms with E-state index < -0.39 is 7.60 Å². The summed E-state index contributed by atoms with van der Waals surface area (Å²) in [6.07, 6.45) is 3.88. The monoisotopic (exact) mass is 452 g/mol. The van der Waals surface area contributed by atoms with Crippen molar-refractivity contribution in [2.75, 3.05) is 13.0 Å². The predicted octanol–water partition coefficient (Wildman–Crippen LogP) is 5.32. The van der Waals surface area contributed by atoms with Crippen molar-refractivity contribution in [2.24, 2.45) is 10.9 Å². The molecule has 1 unspecified atom stereocenters. The lowest BCUT2D eigenvalue weighted by Crippen LogP contribution is -2.11. The highest BCUT2D eigenvalue weighted by Crippen LogP contribution is 2.48. The molecule has 0 radical (unpaired) electrons. The lowest BCUT2D eigenvalue weighted by Gasteiger charge is -2.20. The molecule has 0 fully saturated rings. The highest BCUT2D eigenvalue weighted by Gasteiger charge is 2.29. The van der Waals surface area contributed by atoms with Crippen molar-refractivity contribution in [3.05, 3.63) is 72.7 Å². The van der Waals surface area contributed by atoms with E-state index in [0.717, 1.165) is 0 Å². The first kappa shape index (κ1) is 22.0. The molecule has 0 spiro atoms. The van der Waals surface area contributed by atoms with Gasteiger partial charge in [0.05, 0.1) is 18.6 Å². The van der Waals surface area contributed by atoms with Gasteiger partial charge in [-0.15, -0.1) is 0 Å². The number of nitrogens with zero attached hydrogens (tertiary/aromatic N) is 3. The zero-order valence-corrected chi connectivity index (χ0v) is 18.7. The van der Waals surface area contributed by atoms with E-state index in [1.54, 1.807) is 54.9 Å². The summed E-state index contributed by atoms with van der Waals surface area (Å²) in [5, 5.41) is 8.21. The molecule has 8 nitrogen and oxygen atoms in total. The molecule has 3 aromatic rings. The topological polar surface area (TPSA) is 98.8 Å². The number of hydrogen-bond donors (Lipinski definition) is 1. The van der Waals surface area contributed by atoms with Crippen molar-refractivity contribution in [2.45, 2.75) is 19.9 Å². The highest BCUT2D eigenvalue weighted by molar-refractivity contribution is 7.54. The maximum absolute atomic E-state index is 13.4. The summed E-state index contributed by atoms with van der Waals surface area (Å²) in [4.78, 5) is 8.83. The van der Waals surface area contributed by atoms with Crippen LogP contribution in [0.1, 0.15) is 19.0 Å². The van der Waals surface area contributed by atoms with Crippen LogP contribution in [0.2, 0.25) is 0 Å². The molecule has 166 valence electrons. The second kappa shape index (κ2) is 9.94. The van der Waals surface area contributed by atoms with E-state index in [0.29, 0.717) is 41.7 Å². The summed E-state index contributed by atoms with van der Waals surface area (Å²) in [5.74, 6) is 1.72. The quantitative estimate of drug-likeness (QED) is 0.350. The van der Waals surface area contributed by atoms with Crippen molar-refractivity contribution in [1.29, 1.82) is 5.41 Å². The van der Waals surface area contributed by atoms with E-state index in [2.05, 4.69) is 9.98 Å². The summed E-state index contributed by atoms with van der Waals surface area (Å²) in [7, 11) is -3.63. The maximum Gasteiger partial charge on any atom is 0.456 e. The number of fused-ring (bicyclic) bond motifs is 1. The summed E-state index contributed by atoms with van der Waals surface area (Å²) < 4.78 is 32.4. The summed E-state index contributed by atoms with van der Waals surface area (Å²) in [5.41, 5.74) is 1.07. The van der Waals surface area contributed by atoms with Crippen LogP contribution in [0.5, 0.6) is 11.5 Å². The van der Waals surface area contributed by atoms with Crippen molar-refractivity contribution in [1.82, 2.24) is 9.55 Å². The van der Waals surface area contributed by atoms with Crippen LogP contribution < -0.4 is 9.05 Å². The largest absolute Gasteiger partial charge is 0.456 e. The van der Waals surface area contributed by atoms with Gasteiger partial charge < -0.3 is 23.8 Å². The Bertz CT molecular complexity index is 1090. The molecule has 2 aromatic carbocycles. The van der Waals surface area contributed by atoms with Gasteiger partial charge in [0.15, 0.2) is 12.2 Å². The fraction of sp³-hybridized carbons (Fsp3) is 0.261. The molecule has 9 heteroatoms. The molecule has 32 heavy (non-hydrogen) atoms. The number of aromatic nitrogens is 2. The number of rotatable bonds is 9. The zero-order valence-electron chi connectivity index (χ0n) is 17.8. The minimum atomic E-state index is -3.63. The Morgan fingerprint density at radius 1 is 1.06 bits per heavy atom. The van der Waals surface area contributed by atoms with Crippen LogP contribution in [0.3, 0.4) is 0 Å². The Morgan fingerprint density at radius 3 is 2.31 bits per heavy atom. The van der Waals surface area contributed by atoms with Crippen molar-refractivity contribution in [3.63, 3.8) is 0 Å². The molecule has 1 atom stereocenters. The molecule has 1 aliphatic rings. The Labute approximate surface area is 186 Å². The van der Waals surface area contributed by atoms with Gasteiger partial charge in [-0.05, 0) is 36.6 Å². The first-order valence-electron chi connectivity index (χ1n) is 10.4. The lowest BCUT2D eigenvalue weighted by molar-refractivity contribution is 0.151. The van der Waals surface area contributed by atoms with Gasteiger partial charge in [-0.3, -0.25) is 0 Å². The van der Waals surface area contributed by atoms with Crippen LogP contribution in [0.15, 0.2) is 72.0 Å². The van der Waals surface area contributed by atoms with E-state index >= 15 is 0 Å². The minimum absolute atomic E-state index is 0.192. The summed E-state index contributed by atoms with van der Waals surface area (Å²) >= 11 is 0. The SMILES string of the molecule is CC1C=Nc2c(ncn2CCOCP(=O)(Oc2ccccc2)Oc2ccccc2)C(=N)C1. The van der Waals surface area contributed by atoms with Crippen LogP contribution >= 0.6 is 7.60 Å². The summed E-state index contributed by atoms with van der Waals surface area (Å²) in [6, 6.07) is 17.8. The third kappa shape index (κ3) is 5.52. The fourth-order valence-electron chi connectivity index (χ4n) is 3.25. The summed E-state index contributed by atoms with van der Waals surface area (Å²) in [6.45, 7) is 2.72. The molecule has 1 N–H and O–H groups in total. The Morgan fingerprint density at radius 2 is 1.69 bits per heavy atom. The third-order valence-electron chi connectivity index (χ3n) is 4.77. The van der Waals surface area contributed by atoms with E-state index in [-0.39, 0.29) is 18.9 Å². The molecule has 2 heterocycles. The van der Waals surface area contributed by atoms with E-state index in [1.807, 2.05) is 29.8 Å². The molecule has 0 bridgehead atoms. The van der Waals surface area contributed by atoms with Crippen LogP contribution in [-0.2, 0) is 15.8 Å². The normalized spacial score (nSPS) is 15.8.